The lowest BCUT2D eigenvalue weighted by atomic mass is 9.97. The molecule has 1 N–H and O–H groups in total. The number of para-hydroxylation sites is 1. The van der Waals surface area contributed by atoms with E-state index >= 15 is 0 Å². The summed E-state index contributed by atoms with van der Waals surface area (Å²) < 4.78 is 5.33. The van der Waals surface area contributed by atoms with E-state index in [-0.39, 0.29) is 30.7 Å². The van der Waals surface area contributed by atoms with Crippen LogP contribution in [0.15, 0.2) is 54.6 Å². The second kappa shape index (κ2) is 7.86. The van der Waals surface area contributed by atoms with Crippen molar-refractivity contribution in [2.24, 2.45) is 0 Å². The first-order valence-electron chi connectivity index (χ1n) is 10.1. The van der Waals surface area contributed by atoms with Crippen molar-refractivity contribution in [2.45, 2.75) is 31.5 Å². The van der Waals surface area contributed by atoms with Crippen LogP contribution in [0.1, 0.15) is 41.7 Å². The molecule has 8 nitrogen and oxygen atoms in total. The molecule has 1 fully saturated rings. The Morgan fingerprint density at radius 2 is 1.77 bits per heavy atom. The minimum atomic E-state index is -1.59. The van der Waals surface area contributed by atoms with E-state index < -0.39 is 24.1 Å². The number of esters is 1. The van der Waals surface area contributed by atoms with Gasteiger partial charge >= 0.3 is 5.97 Å². The Kier molecular flexibility index (Phi) is 5.22. The Balaban J connectivity index is 1.51. The van der Waals surface area contributed by atoms with Gasteiger partial charge in [-0.1, -0.05) is 42.5 Å². The molecular formula is C23H23N3O5. The van der Waals surface area contributed by atoms with E-state index in [1.54, 1.807) is 24.3 Å². The third-order valence-electron chi connectivity index (χ3n) is 5.88. The molecule has 2 atom stereocenters. The highest BCUT2D eigenvalue weighted by atomic mass is 16.5. The first-order chi connectivity index (χ1) is 14.9. The molecule has 160 valence electrons. The van der Waals surface area contributed by atoms with Crippen LogP contribution in [-0.2, 0) is 19.1 Å². The highest BCUT2D eigenvalue weighted by Gasteiger charge is 2.60. The normalized spacial score (nSPS) is 20.7. The topological polar surface area (TPSA) is 96.0 Å². The first kappa shape index (κ1) is 20.6. The van der Waals surface area contributed by atoms with Crippen molar-refractivity contribution < 1.29 is 23.9 Å². The van der Waals surface area contributed by atoms with Gasteiger partial charge in [0.15, 0.2) is 6.61 Å². The van der Waals surface area contributed by atoms with Gasteiger partial charge in [-0.3, -0.25) is 19.3 Å². The average Bonchev–Trinajstić information content (AvgIpc) is 3.15. The van der Waals surface area contributed by atoms with Gasteiger partial charge in [-0.15, -0.1) is 0 Å². The zero-order valence-electron chi connectivity index (χ0n) is 17.3. The standard InChI is InChI=1S/C23H23N3O5/c1-15(16-8-4-3-5-9-16)24-19(27)14-31-22(30)23-13-12-20(28)26(23)18-11-7-6-10-17(18)21(29)25(23)2/h3-11,15H,12-14H2,1-2H3,(H,24,27)/t15-,23-/m1/s1. The molecule has 2 aliphatic rings. The fraction of sp³-hybridized carbons (Fsp3) is 0.304. The van der Waals surface area contributed by atoms with Crippen LogP contribution in [0, 0.1) is 0 Å². The minimum Gasteiger partial charge on any atom is -0.452 e. The van der Waals surface area contributed by atoms with Gasteiger partial charge < -0.3 is 15.0 Å². The summed E-state index contributed by atoms with van der Waals surface area (Å²) in [5.74, 6) is -1.92. The Morgan fingerprint density at radius 1 is 1.10 bits per heavy atom. The van der Waals surface area contributed by atoms with Gasteiger partial charge in [0.2, 0.25) is 11.6 Å². The summed E-state index contributed by atoms with van der Waals surface area (Å²) in [6, 6.07) is 15.8. The molecule has 31 heavy (non-hydrogen) atoms. The van der Waals surface area contributed by atoms with Gasteiger partial charge in [0, 0.05) is 19.9 Å². The fourth-order valence-electron chi connectivity index (χ4n) is 4.25. The minimum absolute atomic E-state index is 0.0955. The summed E-state index contributed by atoms with van der Waals surface area (Å²) >= 11 is 0. The monoisotopic (exact) mass is 421 g/mol. The number of amides is 3. The predicted molar refractivity (Wildman–Crippen MR) is 112 cm³/mol. The highest BCUT2D eigenvalue weighted by Crippen LogP contribution is 2.44. The number of hydrogen-bond donors (Lipinski definition) is 1. The number of rotatable bonds is 5. The van der Waals surface area contributed by atoms with E-state index in [4.69, 9.17) is 4.74 Å². The van der Waals surface area contributed by atoms with Crippen LogP contribution in [0.5, 0.6) is 0 Å². The van der Waals surface area contributed by atoms with Crippen LogP contribution in [-0.4, -0.2) is 47.9 Å². The van der Waals surface area contributed by atoms with Gasteiger partial charge in [0.25, 0.3) is 11.8 Å². The number of hydrogen-bond acceptors (Lipinski definition) is 5. The third kappa shape index (κ3) is 3.34. The number of fused-ring (bicyclic) bond motifs is 3. The van der Waals surface area contributed by atoms with Crippen molar-refractivity contribution in [1.82, 2.24) is 10.2 Å². The van der Waals surface area contributed by atoms with Gasteiger partial charge in [-0.05, 0) is 24.6 Å². The molecular weight excluding hydrogens is 398 g/mol. The Hall–Kier alpha value is -3.68. The zero-order chi connectivity index (χ0) is 22.2. The van der Waals surface area contributed by atoms with E-state index in [9.17, 15) is 19.2 Å². The smallest absolute Gasteiger partial charge is 0.354 e. The third-order valence-corrected chi connectivity index (χ3v) is 5.88. The van der Waals surface area contributed by atoms with Crippen molar-refractivity contribution in [2.75, 3.05) is 18.6 Å². The molecule has 0 bridgehead atoms. The molecule has 3 amide bonds. The number of anilines is 1. The maximum atomic E-state index is 13.2. The molecule has 0 aromatic heterocycles. The molecule has 0 spiro atoms. The largest absolute Gasteiger partial charge is 0.452 e. The van der Waals surface area contributed by atoms with Crippen LogP contribution in [0.3, 0.4) is 0 Å². The number of nitrogens with zero attached hydrogens (tertiary/aromatic N) is 2. The van der Waals surface area contributed by atoms with Crippen LogP contribution in [0.4, 0.5) is 5.69 Å². The van der Waals surface area contributed by atoms with Crippen molar-refractivity contribution in [1.29, 1.82) is 0 Å². The van der Waals surface area contributed by atoms with E-state index in [1.165, 1.54) is 16.8 Å². The molecule has 0 saturated carbocycles. The Bertz CT molecular complexity index is 1050. The summed E-state index contributed by atoms with van der Waals surface area (Å²) in [6.07, 6.45) is 0.196. The average molecular weight is 421 g/mol. The van der Waals surface area contributed by atoms with Gasteiger partial charge in [-0.2, -0.15) is 0 Å². The molecule has 2 aliphatic heterocycles. The first-order valence-corrected chi connectivity index (χ1v) is 10.1. The molecule has 2 aromatic carbocycles. The number of nitrogens with one attached hydrogen (secondary N) is 1. The van der Waals surface area contributed by atoms with Crippen LogP contribution in [0.25, 0.3) is 0 Å². The molecule has 4 rings (SSSR count). The number of ether oxygens (including phenoxy) is 1. The highest BCUT2D eigenvalue weighted by molar-refractivity contribution is 6.15. The van der Waals surface area contributed by atoms with Gasteiger partial charge in [0.05, 0.1) is 17.3 Å². The lowest BCUT2D eigenvalue weighted by Crippen LogP contribution is -2.67. The summed E-state index contributed by atoms with van der Waals surface area (Å²) in [6.45, 7) is 1.32. The summed E-state index contributed by atoms with van der Waals surface area (Å²) in [4.78, 5) is 53.7. The number of benzene rings is 2. The molecule has 0 aliphatic carbocycles. The number of likely N-dealkylation sites (N-methyl/N-ethyl adjacent to an activating group) is 1. The number of carbonyl (C=O) groups excluding carboxylic acids is 4. The Morgan fingerprint density at radius 3 is 2.52 bits per heavy atom. The molecule has 2 heterocycles. The maximum Gasteiger partial charge on any atom is 0.354 e. The van der Waals surface area contributed by atoms with Gasteiger partial charge in [-0.25, -0.2) is 4.79 Å². The molecule has 2 aromatic rings. The molecule has 0 radical (unpaired) electrons. The summed E-state index contributed by atoms with van der Waals surface area (Å²) in [7, 11) is 1.47. The van der Waals surface area contributed by atoms with E-state index in [1.807, 2.05) is 37.3 Å². The van der Waals surface area contributed by atoms with Crippen molar-refractivity contribution in [3.63, 3.8) is 0 Å². The van der Waals surface area contributed by atoms with Crippen LogP contribution < -0.4 is 10.2 Å². The van der Waals surface area contributed by atoms with Gasteiger partial charge in [0.1, 0.15) is 0 Å². The van der Waals surface area contributed by atoms with Crippen molar-refractivity contribution in [3.05, 3.63) is 65.7 Å². The quantitative estimate of drug-likeness (QED) is 0.745. The van der Waals surface area contributed by atoms with Crippen molar-refractivity contribution >= 4 is 29.4 Å². The summed E-state index contributed by atoms with van der Waals surface area (Å²) in [5, 5.41) is 2.78. The van der Waals surface area contributed by atoms with Crippen molar-refractivity contribution in [3.8, 4) is 0 Å². The summed E-state index contributed by atoms with van der Waals surface area (Å²) in [5.41, 5.74) is 0.0567. The van der Waals surface area contributed by atoms with Crippen LogP contribution in [0.2, 0.25) is 0 Å². The van der Waals surface area contributed by atoms with E-state index in [0.717, 1.165) is 5.56 Å². The molecule has 0 unspecified atom stereocenters. The zero-order valence-corrected chi connectivity index (χ0v) is 17.3. The molecule has 8 heteroatoms. The molecule has 1 saturated heterocycles. The lowest BCUT2D eigenvalue weighted by molar-refractivity contribution is -0.159. The van der Waals surface area contributed by atoms with Crippen LogP contribution >= 0.6 is 0 Å². The SMILES string of the molecule is C[C@@H](NC(=O)COC(=O)[C@@]12CCC(=O)N1c1ccccc1C(=O)N2C)c1ccccc1. The maximum absolute atomic E-state index is 13.2. The fourth-order valence-corrected chi connectivity index (χ4v) is 4.25. The second-order valence-corrected chi connectivity index (χ2v) is 7.70. The van der Waals surface area contributed by atoms with E-state index in [0.29, 0.717) is 11.3 Å². The predicted octanol–water partition coefficient (Wildman–Crippen LogP) is 2.02. The lowest BCUT2D eigenvalue weighted by Gasteiger charge is -2.46. The Labute approximate surface area is 179 Å². The van der Waals surface area contributed by atoms with E-state index in [2.05, 4.69) is 5.32 Å². The number of carbonyl (C=O) groups is 4. The second-order valence-electron chi connectivity index (χ2n) is 7.70.